The molecule has 1 fully saturated rings. The molecule has 2 aromatic heterocycles. The van der Waals surface area contributed by atoms with Crippen LogP contribution in [0.5, 0.6) is 0 Å². The number of aromatic nitrogens is 4. The second kappa shape index (κ2) is 7.66. The molecule has 0 unspecified atom stereocenters. The maximum Gasteiger partial charge on any atom is 0.309 e. The van der Waals surface area contributed by atoms with Gasteiger partial charge in [0, 0.05) is 11.8 Å². The van der Waals surface area contributed by atoms with Crippen molar-refractivity contribution >= 4 is 28.7 Å². The fourth-order valence-electron chi connectivity index (χ4n) is 3.39. The number of benzene rings is 1. The van der Waals surface area contributed by atoms with Crippen LogP contribution in [0, 0.1) is 11.6 Å². The van der Waals surface area contributed by atoms with E-state index in [-0.39, 0.29) is 5.92 Å². The van der Waals surface area contributed by atoms with Crippen molar-refractivity contribution in [2.45, 2.75) is 57.1 Å². The van der Waals surface area contributed by atoms with Gasteiger partial charge in [0.2, 0.25) is 5.52 Å². The van der Waals surface area contributed by atoms with Crippen LogP contribution in [0.4, 0.5) is 14.6 Å². The maximum absolute atomic E-state index is 14.1. The summed E-state index contributed by atoms with van der Waals surface area (Å²) in [4.78, 5) is 9.17. The second-order valence-corrected chi connectivity index (χ2v) is 8.20. The van der Waals surface area contributed by atoms with Gasteiger partial charge in [-0.15, -0.1) is 0 Å². The van der Waals surface area contributed by atoms with Crippen LogP contribution in [0.25, 0.3) is 16.9 Å². The Morgan fingerprint density at radius 1 is 1.21 bits per heavy atom. The Bertz CT molecular complexity index is 1030. The molecular formula is C20H24F2N5S+. The van der Waals surface area contributed by atoms with E-state index in [0.29, 0.717) is 34.4 Å². The van der Waals surface area contributed by atoms with Gasteiger partial charge in [-0.1, -0.05) is 30.1 Å². The molecule has 0 saturated heterocycles. The Morgan fingerprint density at radius 3 is 2.64 bits per heavy atom. The van der Waals surface area contributed by atoms with Crippen molar-refractivity contribution < 1.29 is 13.3 Å². The molecule has 8 heteroatoms. The number of anilines is 1. The summed E-state index contributed by atoms with van der Waals surface area (Å²) in [7, 11) is 0. The molecule has 0 atom stereocenters. The zero-order valence-corrected chi connectivity index (χ0v) is 16.9. The van der Waals surface area contributed by atoms with Gasteiger partial charge in [0.15, 0.2) is 23.8 Å². The Morgan fingerprint density at radius 2 is 1.96 bits per heavy atom. The maximum atomic E-state index is 14.1. The number of nitrogen functional groups attached to an aromatic ring is 1. The molecule has 5 nitrogen and oxygen atoms in total. The molecular weight excluding hydrogens is 380 g/mol. The lowest BCUT2D eigenvalue weighted by Crippen LogP contribution is -2.31. The summed E-state index contributed by atoms with van der Waals surface area (Å²) in [6.07, 6.45) is 6.01. The lowest BCUT2D eigenvalue weighted by Gasteiger charge is -2.08. The zero-order chi connectivity index (χ0) is 19.8. The molecule has 0 aliphatic heterocycles. The van der Waals surface area contributed by atoms with Gasteiger partial charge in [-0.25, -0.2) is 17.9 Å². The summed E-state index contributed by atoms with van der Waals surface area (Å²) in [5.74, 6) is -0.144. The second-order valence-electron chi connectivity index (χ2n) is 7.14. The molecule has 2 N–H and O–H groups in total. The number of halogens is 2. The fraction of sp³-hybridized carbons (Fsp3) is 0.450. The molecule has 4 rings (SSSR count). The number of hydrogen-bond donors (Lipinski definition) is 1. The molecule has 2 heterocycles. The highest BCUT2D eigenvalue weighted by molar-refractivity contribution is 7.99. The van der Waals surface area contributed by atoms with Crippen LogP contribution in [-0.2, 0) is 6.54 Å². The van der Waals surface area contributed by atoms with Crippen LogP contribution in [0.1, 0.15) is 51.0 Å². The minimum Gasteiger partial charge on any atom is -0.380 e. The van der Waals surface area contributed by atoms with Crippen LogP contribution in [0.3, 0.4) is 0 Å². The van der Waals surface area contributed by atoms with Gasteiger partial charge in [0.05, 0.1) is 6.54 Å². The number of fused-ring (bicyclic) bond motifs is 1. The van der Waals surface area contributed by atoms with E-state index >= 15 is 0 Å². The van der Waals surface area contributed by atoms with E-state index in [0.717, 1.165) is 37.0 Å². The van der Waals surface area contributed by atoms with Crippen LogP contribution in [0.2, 0.25) is 0 Å². The molecule has 0 spiro atoms. The Hall–Kier alpha value is -2.22. The molecule has 0 amide bonds. The Kier molecular flexibility index (Phi) is 5.23. The number of hydrogen-bond acceptors (Lipinski definition) is 4. The van der Waals surface area contributed by atoms with E-state index in [4.69, 9.17) is 10.7 Å². The third-order valence-corrected chi connectivity index (χ3v) is 5.99. The first-order valence-corrected chi connectivity index (χ1v) is 10.7. The number of nitrogens with zero attached hydrogens (tertiary/aromatic N) is 4. The predicted molar refractivity (Wildman–Crippen MR) is 107 cm³/mol. The normalized spacial score (nSPS) is 14.1. The summed E-state index contributed by atoms with van der Waals surface area (Å²) in [6, 6.07) is 2.57. The zero-order valence-electron chi connectivity index (χ0n) is 16.1. The van der Waals surface area contributed by atoms with E-state index in [1.54, 1.807) is 11.8 Å². The van der Waals surface area contributed by atoms with E-state index in [1.165, 1.54) is 12.1 Å². The number of unbranched alkanes of at least 4 members (excludes halogenated alkanes) is 1. The first kappa shape index (κ1) is 19.1. The summed E-state index contributed by atoms with van der Waals surface area (Å²) in [5.41, 5.74) is 9.07. The first-order valence-electron chi connectivity index (χ1n) is 9.73. The molecule has 1 saturated carbocycles. The SMILES string of the molecule is CCCCSc1nc(N)c2c(n1)[n+](CC)cn2-c1cc(F)c(F)cc1C1CC1. The Balaban J connectivity index is 1.88. The van der Waals surface area contributed by atoms with Crippen molar-refractivity contribution in [1.82, 2.24) is 14.5 Å². The lowest BCUT2D eigenvalue weighted by molar-refractivity contribution is -0.670. The molecule has 1 aliphatic rings. The van der Waals surface area contributed by atoms with E-state index in [9.17, 15) is 8.78 Å². The molecule has 1 aromatic carbocycles. The van der Waals surface area contributed by atoms with Gasteiger partial charge >= 0.3 is 5.65 Å². The van der Waals surface area contributed by atoms with Crippen LogP contribution < -0.4 is 10.3 Å². The lowest BCUT2D eigenvalue weighted by atomic mass is 10.1. The van der Waals surface area contributed by atoms with E-state index in [1.807, 2.05) is 22.4 Å². The average molecular weight is 405 g/mol. The Labute approximate surface area is 167 Å². The molecule has 0 bridgehead atoms. The number of rotatable bonds is 7. The number of aryl methyl sites for hydroxylation is 1. The quantitative estimate of drug-likeness (QED) is 0.275. The standard InChI is InChI=1S/C20H24F2N5S/c1-3-5-8-28-20-24-18(23)17-19(25-20)26(4-2)11-27(17)16-10-15(22)14(21)9-13(16)12-6-7-12/h9-12H,3-8H2,1-2H3,(H2,23,24,25)/q+1. The summed E-state index contributed by atoms with van der Waals surface area (Å²) in [6.45, 7) is 4.84. The van der Waals surface area contributed by atoms with Crippen molar-refractivity contribution in [1.29, 1.82) is 0 Å². The van der Waals surface area contributed by atoms with Crippen molar-refractivity contribution in [3.63, 3.8) is 0 Å². The molecule has 3 aromatic rings. The minimum absolute atomic E-state index is 0.253. The minimum atomic E-state index is -0.865. The first-order chi connectivity index (χ1) is 13.5. The van der Waals surface area contributed by atoms with E-state index in [2.05, 4.69) is 11.9 Å². The fourth-order valence-corrected chi connectivity index (χ4v) is 4.32. The van der Waals surface area contributed by atoms with E-state index < -0.39 is 11.6 Å². The van der Waals surface area contributed by atoms with Gasteiger partial charge < -0.3 is 5.73 Å². The molecule has 0 radical (unpaired) electrons. The number of thioether (sulfide) groups is 1. The highest BCUT2D eigenvalue weighted by Gasteiger charge is 2.32. The molecule has 1 aliphatic carbocycles. The highest BCUT2D eigenvalue weighted by Crippen LogP contribution is 2.44. The summed E-state index contributed by atoms with van der Waals surface area (Å²) in [5, 5.41) is 0.645. The van der Waals surface area contributed by atoms with Gasteiger partial charge in [0.1, 0.15) is 5.69 Å². The van der Waals surface area contributed by atoms with Gasteiger partial charge in [-0.05, 0) is 43.7 Å². The third kappa shape index (κ3) is 3.45. The van der Waals surface area contributed by atoms with Gasteiger partial charge in [-0.2, -0.15) is 4.98 Å². The van der Waals surface area contributed by atoms with Gasteiger partial charge in [0.25, 0.3) is 5.16 Å². The van der Waals surface area contributed by atoms with Crippen molar-refractivity contribution in [2.75, 3.05) is 11.5 Å². The average Bonchev–Trinajstić information content (AvgIpc) is 3.45. The van der Waals surface area contributed by atoms with Crippen LogP contribution >= 0.6 is 11.8 Å². The van der Waals surface area contributed by atoms with Crippen molar-refractivity contribution in [3.8, 4) is 5.69 Å². The highest BCUT2D eigenvalue weighted by atomic mass is 32.2. The monoisotopic (exact) mass is 404 g/mol. The molecule has 148 valence electrons. The largest absolute Gasteiger partial charge is 0.380 e. The van der Waals surface area contributed by atoms with Crippen LogP contribution in [0.15, 0.2) is 23.6 Å². The number of nitrogens with two attached hydrogens (primary N) is 1. The summed E-state index contributed by atoms with van der Waals surface area (Å²) >= 11 is 1.59. The number of imidazole rings is 1. The molecule has 28 heavy (non-hydrogen) atoms. The van der Waals surface area contributed by atoms with Crippen molar-refractivity contribution in [2.24, 2.45) is 0 Å². The summed E-state index contributed by atoms with van der Waals surface area (Å²) < 4.78 is 31.8. The van der Waals surface area contributed by atoms with Gasteiger partial charge in [-0.3, -0.25) is 0 Å². The predicted octanol–water partition coefficient (Wildman–Crippen LogP) is 4.36. The topological polar surface area (TPSA) is 60.6 Å². The smallest absolute Gasteiger partial charge is 0.309 e. The van der Waals surface area contributed by atoms with Crippen molar-refractivity contribution in [3.05, 3.63) is 35.7 Å². The van der Waals surface area contributed by atoms with Crippen LogP contribution in [-0.4, -0.2) is 20.3 Å². The third-order valence-electron chi connectivity index (χ3n) is 5.06.